The number of nitrogens with zero attached hydrogens (tertiary/aromatic N) is 3. The van der Waals surface area contributed by atoms with Gasteiger partial charge >= 0.3 is 0 Å². The molecule has 0 bridgehead atoms. The number of aliphatic hydroxyl groups excluding tert-OH is 2. The third-order valence-electron chi connectivity index (χ3n) is 3.85. The van der Waals surface area contributed by atoms with Crippen LogP contribution in [0.5, 0.6) is 0 Å². The Morgan fingerprint density at radius 2 is 2.16 bits per heavy atom. The van der Waals surface area contributed by atoms with Crippen LogP contribution in [0, 0.1) is 5.92 Å². The summed E-state index contributed by atoms with van der Waals surface area (Å²) in [7, 11) is 0. The highest BCUT2D eigenvalue weighted by atomic mass is 79.9. The predicted octanol–water partition coefficient (Wildman–Crippen LogP) is 0.691. The molecule has 2 aromatic rings. The summed E-state index contributed by atoms with van der Waals surface area (Å²) in [5, 5.41) is 20.9. The number of rotatable bonds is 2. The quantitative estimate of drug-likeness (QED) is 0.705. The van der Waals surface area contributed by atoms with Crippen molar-refractivity contribution in [2.75, 3.05) is 11.1 Å². The number of nitrogens with two attached hydrogens (primary N) is 1. The summed E-state index contributed by atoms with van der Waals surface area (Å²) in [5.41, 5.74) is 7.24. The van der Waals surface area contributed by atoms with Crippen molar-refractivity contribution >= 4 is 32.8 Å². The van der Waals surface area contributed by atoms with Gasteiger partial charge in [-0.25, -0.2) is 9.97 Å². The van der Waals surface area contributed by atoms with E-state index in [0.717, 1.165) is 5.52 Å². The highest BCUT2D eigenvalue weighted by molar-refractivity contribution is 9.09. The highest BCUT2D eigenvalue weighted by Crippen LogP contribution is 2.38. The molecule has 0 spiro atoms. The Labute approximate surface area is 118 Å². The number of anilines is 1. The largest absolute Gasteiger partial charge is 0.390 e. The molecule has 0 radical (unpaired) electrons. The average Bonchev–Trinajstić information content (AvgIpc) is 2.94. The van der Waals surface area contributed by atoms with E-state index in [0.29, 0.717) is 23.1 Å². The van der Waals surface area contributed by atoms with Crippen molar-refractivity contribution in [3.05, 3.63) is 18.6 Å². The molecule has 19 heavy (non-hydrogen) atoms. The third-order valence-corrected chi connectivity index (χ3v) is 4.68. The SMILES string of the molecule is Nc1nccc2c1ncn2[C@@H]1C[C@H](CBr)[C@@H](O)[C@H]1O. The maximum atomic E-state index is 10.2. The summed E-state index contributed by atoms with van der Waals surface area (Å²) >= 11 is 3.37. The molecule has 0 amide bonds. The zero-order valence-electron chi connectivity index (χ0n) is 10.1. The van der Waals surface area contributed by atoms with E-state index in [9.17, 15) is 10.2 Å². The van der Waals surface area contributed by atoms with Crippen molar-refractivity contribution in [1.29, 1.82) is 0 Å². The summed E-state index contributed by atoms with van der Waals surface area (Å²) in [6, 6.07) is 1.63. The number of alkyl halides is 1. The van der Waals surface area contributed by atoms with Crippen LogP contribution in [0.15, 0.2) is 18.6 Å². The molecule has 7 heteroatoms. The van der Waals surface area contributed by atoms with Crippen molar-refractivity contribution in [2.45, 2.75) is 24.7 Å². The molecular weight excluding hydrogens is 312 g/mol. The van der Waals surface area contributed by atoms with Crippen LogP contribution >= 0.6 is 15.9 Å². The number of hydrogen-bond acceptors (Lipinski definition) is 5. The molecule has 6 nitrogen and oxygen atoms in total. The molecule has 4 atom stereocenters. The van der Waals surface area contributed by atoms with Crippen LogP contribution in [-0.4, -0.2) is 42.3 Å². The molecule has 102 valence electrons. The second-order valence-corrected chi connectivity index (χ2v) is 5.56. The number of fused-ring (bicyclic) bond motifs is 1. The van der Waals surface area contributed by atoms with Crippen LogP contribution in [0.25, 0.3) is 11.0 Å². The maximum Gasteiger partial charge on any atom is 0.151 e. The normalized spacial score (nSPS) is 31.1. The predicted molar refractivity (Wildman–Crippen MR) is 74.9 cm³/mol. The topological polar surface area (TPSA) is 97.2 Å². The van der Waals surface area contributed by atoms with Crippen LogP contribution < -0.4 is 5.73 Å². The Morgan fingerprint density at radius 3 is 2.84 bits per heavy atom. The third kappa shape index (κ3) is 1.92. The van der Waals surface area contributed by atoms with Gasteiger partial charge in [0.05, 0.1) is 24.0 Å². The van der Waals surface area contributed by atoms with E-state index in [4.69, 9.17) is 5.73 Å². The minimum atomic E-state index is -0.797. The first-order chi connectivity index (χ1) is 9.13. The van der Waals surface area contributed by atoms with Crippen molar-refractivity contribution in [3.63, 3.8) is 0 Å². The Kier molecular flexibility index (Phi) is 3.20. The van der Waals surface area contributed by atoms with Gasteiger partial charge in [0.1, 0.15) is 11.6 Å². The molecule has 1 aliphatic carbocycles. The number of imidazole rings is 1. The van der Waals surface area contributed by atoms with E-state index in [1.165, 1.54) is 0 Å². The Bertz CT molecular complexity index is 602. The first kappa shape index (κ1) is 12.8. The Morgan fingerprint density at radius 1 is 1.37 bits per heavy atom. The molecule has 0 unspecified atom stereocenters. The van der Waals surface area contributed by atoms with Crippen LogP contribution in [0.1, 0.15) is 12.5 Å². The van der Waals surface area contributed by atoms with Crippen molar-refractivity contribution in [2.24, 2.45) is 5.92 Å². The van der Waals surface area contributed by atoms with Crippen LogP contribution in [0.2, 0.25) is 0 Å². The van der Waals surface area contributed by atoms with Crippen molar-refractivity contribution < 1.29 is 10.2 Å². The number of aliphatic hydroxyl groups is 2. The number of pyridine rings is 1. The van der Waals surface area contributed by atoms with Gasteiger partial charge in [0.25, 0.3) is 0 Å². The van der Waals surface area contributed by atoms with Crippen LogP contribution in [0.4, 0.5) is 5.82 Å². The Balaban J connectivity index is 2.04. The Hall–Kier alpha value is -1.18. The van der Waals surface area contributed by atoms with Crippen molar-refractivity contribution in [3.8, 4) is 0 Å². The standard InChI is InChI=1S/C12H15BrN4O2/c13-4-6-3-8(11(19)10(6)18)17-5-16-9-7(17)1-2-15-12(9)14/h1-2,5-6,8,10-11,18-19H,3-4H2,(H2,14,15)/t6-,8-,10-,11+/m1/s1. The van der Waals surface area contributed by atoms with E-state index in [2.05, 4.69) is 25.9 Å². The van der Waals surface area contributed by atoms with Gasteiger partial charge in [-0.2, -0.15) is 0 Å². The lowest BCUT2D eigenvalue weighted by Crippen LogP contribution is -2.29. The molecule has 0 saturated heterocycles. The summed E-state index contributed by atoms with van der Waals surface area (Å²) in [5.74, 6) is 0.415. The minimum Gasteiger partial charge on any atom is -0.390 e. The van der Waals surface area contributed by atoms with E-state index in [-0.39, 0.29) is 12.0 Å². The van der Waals surface area contributed by atoms with Gasteiger partial charge in [-0.05, 0) is 18.4 Å². The molecule has 1 fully saturated rings. The number of hydrogen-bond donors (Lipinski definition) is 3. The summed E-state index contributed by atoms with van der Waals surface area (Å²) < 4.78 is 1.88. The lowest BCUT2D eigenvalue weighted by molar-refractivity contribution is 0.0106. The number of halogens is 1. The summed E-state index contributed by atoms with van der Waals surface area (Å²) in [6.07, 6.45) is 2.45. The minimum absolute atomic E-state index is 0.0386. The van der Waals surface area contributed by atoms with Crippen LogP contribution in [0.3, 0.4) is 0 Å². The number of nitrogen functional groups attached to an aromatic ring is 1. The van der Waals surface area contributed by atoms with Crippen molar-refractivity contribution in [1.82, 2.24) is 14.5 Å². The molecule has 3 rings (SSSR count). The molecule has 2 aromatic heterocycles. The zero-order valence-corrected chi connectivity index (χ0v) is 11.7. The molecule has 1 saturated carbocycles. The lowest BCUT2D eigenvalue weighted by Gasteiger charge is -2.18. The molecular formula is C12H15BrN4O2. The second kappa shape index (κ2) is 4.73. The molecule has 0 aromatic carbocycles. The van der Waals surface area contributed by atoms with Gasteiger partial charge in [0.2, 0.25) is 0 Å². The van der Waals surface area contributed by atoms with Gasteiger partial charge < -0.3 is 20.5 Å². The van der Waals surface area contributed by atoms with Gasteiger partial charge in [-0.1, -0.05) is 15.9 Å². The fraction of sp³-hybridized carbons (Fsp3) is 0.500. The van der Waals surface area contributed by atoms with E-state index < -0.39 is 12.2 Å². The molecule has 2 heterocycles. The van der Waals surface area contributed by atoms with Crippen LogP contribution in [-0.2, 0) is 0 Å². The van der Waals surface area contributed by atoms with Gasteiger partial charge in [-0.15, -0.1) is 0 Å². The van der Waals surface area contributed by atoms with Gasteiger partial charge in [-0.3, -0.25) is 0 Å². The summed E-state index contributed by atoms with van der Waals surface area (Å²) in [4.78, 5) is 8.24. The van der Waals surface area contributed by atoms with Gasteiger partial charge in [0.15, 0.2) is 5.82 Å². The molecule has 1 aliphatic rings. The highest BCUT2D eigenvalue weighted by Gasteiger charge is 2.42. The zero-order chi connectivity index (χ0) is 13.6. The first-order valence-corrected chi connectivity index (χ1v) is 7.24. The average molecular weight is 327 g/mol. The smallest absolute Gasteiger partial charge is 0.151 e. The fourth-order valence-corrected chi connectivity index (χ4v) is 3.42. The summed E-state index contributed by atoms with van der Waals surface area (Å²) in [6.45, 7) is 0. The van der Waals surface area contributed by atoms with E-state index in [1.54, 1.807) is 12.5 Å². The fourth-order valence-electron chi connectivity index (χ4n) is 2.77. The lowest BCUT2D eigenvalue weighted by atomic mass is 10.1. The van der Waals surface area contributed by atoms with E-state index in [1.807, 2.05) is 10.6 Å². The van der Waals surface area contributed by atoms with E-state index >= 15 is 0 Å². The van der Waals surface area contributed by atoms with Gasteiger partial charge in [0, 0.05) is 11.5 Å². The first-order valence-electron chi connectivity index (χ1n) is 6.12. The maximum absolute atomic E-state index is 10.2. The monoisotopic (exact) mass is 326 g/mol. The molecule has 4 N–H and O–H groups in total. The molecule has 0 aliphatic heterocycles. The second-order valence-electron chi connectivity index (χ2n) is 4.91. The number of aromatic nitrogens is 3.